The number of nitrogens with zero attached hydrogens (tertiary/aromatic N) is 2. The first-order valence-electron chi connectivity index (χ1n) is 28.4. The van der Waals surface area contributed by atoms with Gasteiger partial charge in [-0.1, -0.05) is 267 Å². The summed E-state index contributed by atoms with van der Waals surface area (Å²) in [6.45, 7) is 0. The Bertz CT molecular complexity index is 4460. The second-order valence-electron chi connectivity index (χ2n) is 19.5. The minimum Gasteiger partial charge on any atom is -0.309 e. The minimum atomic E-state index is -3.19. The summed E-state index contributed by atoms with van der Waals surface area (Å²) in [5.74, 6) is 0. The van der Waals surface area contributed by atoms with E-state index >= 15 is 0 Å². The van der Waals surface area contributed by atoms with Crippen molar-refractivity contribution >= 4 is 101 Å². The van der Waals surface area contributed by atoms with Crippen LogP contribution in [0.1, 0.15) is 6.85 Å². The minimum absolute atomic E-state index is 0.167. The Morgan fingerprint density at radius 3 is 1.09 bits per heavy atom. The molecule has 0 spiro atoms. The molecule has 0 saturated heterocycles. The SMILES string of the molecule is [2H]c1c([2H])c([2H])c(-c2cccc(-n3c4ccc(-n5c6ccccc6c6c([Si](c7ccccc7)(c7ccccc7)c7ccccc7)cccc65)cc4c4c([Si](c5ccccc5)(c5ccccc5)c5ccccc5)cccc43)c2)c([2H])c1[2H]. The molecule has 0 atom stereocenters. The summed E-state index contributed by atoms with van der Waals surface area (Å²) in [6, 6.07) is 102. The molecule has 2 aromatic heterocycles. The monoisotopic (exact) mass is 1010 g/mol. The molecule has 358 valence electrons. The molecule has 0 aliphatic carbocycles. The second-order valence-corrected chi connectivity index (χ2v) is 27.1. The van der Waals surface area contributed by atoms with Crippen molar-refractivity contribution in [1.82, 2.24) is 9.13 Å². The number of aromatic nitrogens is 2. The molecule has 0 aliphatic heterocycles. The van der Waals surface area contributed by atoms with Gasteiger partial charge >= 0.3 is 0 Å². The van der Waals surface area contributed by atoms with E-state index in [-0.39, 0.29) is 29.7 Å². The normalized spacial score (nSPS) is 12.9. The van der Waals surface area contributed by atoms with Crippen LogP contribution in [0.2, 0.25) is 0 Å². The van der Waals surface area contributed by atoms with Gasteiger partial charge in [-0.3, -0.25) is 0 Å². The van der Waals surface area contributed by atoms with Crippen LogP contribution in [0, 0.1) is 0 Å². The third-order valence-electron chi connectivity index (χ3n) is 15.7. The van der Waals surface area contributed by atoms with Gasteiger partial charge in [0.1, 0.15) is 0 Å². The summed E-state index contributed by atoms with van der Waals surface area (Å²) in [5.41, 5.74) is 6.72. The highest BCUT2D eigenvalue weighted by Crippen LogP contribution is 2.38. The lowest BCUT2D eigenvalue weighted by atomic mass is 10.1. The van der Waals surface area contributed by atoms with Gasteiger partial charge < -0.3 is 9.13 Å². The topological polar surface area (TPSA) is 9.86 Å². The summed E-state index contributed by atoms with van der Waals surface area (Å²) in [5, 5.41) is 14.9. The fraction of sp³-hybridized carbons (Fsp3) is 0. The zero-order chi connectivity index (χ0) is 54.8. The van der Waals surface area contributed by atoms with Crippen LogP contribution >= 0.6 is 0 Å². The van der Waals surface area contributed by atoms with E-state index in [0.29, 0.717) is 5.56 Å². The lowest BCUT2D eigenvalue weighted by Crippen LogP contribution is -2.74. The van der Waals surface area contributed by atoms with Crippen molar-refractivity contribution in [3.8, 4) is 22.5 Å². The zero-order valence-electron chi connectivity index (χ0n) is 46.5. The van der Waals surface area contributed by atoms with Crippen molar-refractivity contribution < 1.29 is 6.85 Å². The molecule has 0 saturated carbocycles. The molecule has 0 N–H and O–H groups in total. The van der Waals surface area contributed by atoms with Gasteiger partial charge in [-0.2, -0.15) is 0 Å². The van der Waals surface area contributed by atoms with Crippen LogP contribution in [0.25, 0.3) is 66.1 Å². The van der Waals surface area contributed by atoms with E-state index in [4.69, 9.17) is 6.85 Å². The summed E-state index contributed by atoms with van der Waals surface area (Å²) >= 11 is 0. The fourth-order valence-corrected chi connectivity index (χ4v) is 22.6. The lowest BCUT2D eigenvalue weighted by molar-refractivity contribution is 1.17. The molecule has 0 unspecified atom stereocenters. The molecule has 4 heteroatoms. The van der Waals surface area contributed by atoms with E-state index in [1.807, 2.05) is 18.2 Å². The highest BCUT2D eigenvalue weighted by Gasteiger charge is 2.45. The van der Waals surface area contributed by atoms with Gasteiger partial charge in [0.15, 0.2) is 16.1 Å². The Hall–Kier alpha value is -9.33. The van der Waals surface area contributed by atoms with Crippen molar-refractivity contribution in [2.24, 2.45) is 0 Å². The number of hydrogen-bond donors (Lipinski definition) is 0. The Balaban J connectivity index is 1.11. The molecule has 0 radical (unpaired) electrons. The van der Waals surface area contributed by atoms with E-state index in [2.05, 4.69) is 276 Å². The summed E-state index contributed by atoms with van der Waals surface area (Å²) in [7, 11) is -6.21. The lowest BCUT2D eigenvalue weighted by Gasteiger charge is -2.35. The Kier molecular flexibility index (Phi) is 9.96. The van der Waals surface area contributed by atoms with E-state index in [1.54, 1.807) is 0 Å². The van der Waals surface area contributed by atoms with Gasteiger partial charge in [-0.05, 0) is 101 Å². The molecule has 0 bridgehead atoms. The maximum absolute atomic E-state index is 9.03. The molecule has 0 amide bonds. The summed E-state index contributed by atoms with van der Waals surface area (Å²) < 4.78 is 48.5. The average molecular weight is 1010 g/mol. The molecule has 0 aliphatic rings. The van der Waals surface area contributed by atoms with E-state index in [9.17, 15) is 0 Å². The number of hydrogen-bond acceptors (Lipinski definition) is 0. The summed E-state index contributed by atoms with van der Waals surface area (Å²) in [4.78, 5) is 0. The predicted molar refractivity (Wildman–Crippen MR) is 328 cm³/mol. The highest BCUT2D eigenvalue weighted by molar-refractivity contribution is 7.21. The predicted octanol–water partition coefficient (Wildman–Crippen LogP) is 12.3. The quantitative estimate of drug-likeness (QED) is 0.0903. The zero-order valence-corrected chi connectivity index (χ0v) is 43.5. The largest absolute Gasteiger partial charge is 0.309 e. The number of fused-ring (bicyclic) bond motifs is 6. The van der Waals surface area contributed by atoms with Gasteiger partial charge in [0, 0.05) is 32.9 Å². The maximum atomic E-state index is 9.03. The van der Waals surface area contributed by atoms with E-state index < -0.39 is 22.2 Å². The average Bonchev–Trinajstić information content (AvgIpc) is 4.09. The standard InChI is InChI=1S/C72H52N2Si2/c1-8-27-53(28-9-1)54-29-24-30-55(51-54)73-66-50-49-56(52-64(66)72-68(73)46-26-48-70(72)76(60-37-16-5-17-38-60,61-39-18-6-19-40-61)62-41-20-7-21-42-62)74-65-44-23-22-43-63(65)71-67(74)45-25-47-69(71)75(57-31-10-2-11-32-57,58-33-12-3-13-34-58)59-35-14-4-15-36-59/h1-52H/i1D,8D,9D,27D,28D. The third kappa shape index (κ3) is 7.06. The van der Waals surface area contributed by atoms with E-state index in [1.165, 1.54) is 52.3 Å². The van der Waals surface area contributed by atoms with Crippen LogP contribution in [-0.4, -0.2) is 25.3 Å². The molecule has 0 fully saturated rings. The first-order valence-corrected chi connectivity index (χ1v) is 29.9. The van der Waals surface area contributed by atoms with Gasteiger partial charge in [-0.15, -0.1) is 0 Å². The van der Waals surface area contributed by atoms with Crippen molar-refractivity contribution in [3.63, 3.8) is 0 Å². The molecular weight excluding hydrogens is 949 g/mol. The van der Waals surface area contributed by atoms with Gasteiger partial charge in [0.2, 0.25) is 0 Å². The van der Waals surface area contributed by atoms with Gasteiger partial charge in [0.05, 0.1) is 28.9 Å². The number of para-hydroxylation sites is 1. The van der Waals surface area contributed by atoms with Crippen molar-refractivity contribution in [3.05, 3.63) is 315 Å². The fourth-order valence-electron chi connectivity index (χ4n) is 12.7. The van der Waals surface area contributed by atoms with Gasteiger partial charge in [0.25, 0.3) is 0 Å². The number of rotatable bonds is 11. The van der Waals surface area contributed by atoms with Gasteiger partial charge in [-0.25, -0.2) is 0 Å². The number of benzene rings is 12. The molecule has 14 aromatic rings. The van der Waals surface area contributed by atoms with Crippen LogP contribution in [0.5, 0.6) is 0 Å². The molecule has 2 nitrogen and oxygen atoms in total. The summed E-state index contributed by atoms with van der Waals surface area (Å²) in [6.07, 6.45) is 0. The van der Waals surface area contributed by atoms with Crippen molar-refractivity contribution in [2.75, 3.05) is 0 Å². The molecular formula is C72H52N2Si2. The third-order valence-corrected chi connectivity index (χ3v) is 25.3. The van der Waals surface area contributed by atoms with Crippen LogP contribution in [0.15, 0.2) is 315 Å². The van der Waals surface area contributed by atoms with Crippen molar-refractivity contribution in [2.45, 2.75) is 0 Å². The second kappa shape index (κ2) is 18.9. The van der Waals surface area contributed by atoms with Crippen LogP contribution < -0.4 is 41.5 Å². The Morgan fingerprint density at radius 1 is 0.263 bits per heavy atom. The van der Waals surface area contributed by atoms with E-state index in [0.717, 1.165) is 44.2 Å². The smallest absolute Gasteiger partial charge is 0.180 e. The first kappa shape index (κ1) is 40.1. The first-order chi connectivity index (χ1) is 39.8. The van der Waals surface area contributed by atoms with Crippen LogP contribution in [0.4, 0.5) is 0 Å². The van der Waals surface area contributed by atoms with Crippen LogP contribution in [-0.2, 0) is 0 Å². The van der Waals surface area contributed by atoms with Crippen molar-refractivity contribution in [1.29, 1.82) is 0 Å². The molecule has 14 rings (SSSR count). The molecule has 2 heterocycles. The Morgan fingerprint density at radius 2 is 0.632 bits per heavy atom. The highest BCUT2D eigenvalue weighted by atomic mass is 28.3. The maximum Gasteiger partial charge on any atom is 0.180 e. The Labute approximate surface area is 452 Å². The molecule has 76 heavy (non-hydrogen) atoms. The molecule has 12 aromatic carbocycles. The van der Waals surface area contributed by atoms with Crippen LogP contribution in [0.3, 0.4) is 0 Å².